The molecule has 2 aliphatic rings. The monoisotopic (exact) mass is 622 g/mol. The third-order valence-electron chi connectivity index (χ3n) is 8.63. The van der Waals surface area contributed by atoms with Crippen LogP contribution in [-0.4, -0.2) is 110 Å². The Morgan fingerprint density at radius 3 is 1.64 bits per heavy atom. The van der Waals surface area contributed by atoms with Crippen molar-refractivity contribution in [2.24, 2.45) is 9.98 Å². The third-order valence-corrected chi connectivity index (χ3v) is 8.94. The SMILES string of the molecule is CCCCN1CC[N+](C)=C1C(=Nc1cc(C)c(-c2cc(C)c(N=C(OC)C3=[N+](C)CCN3CCCC)cc2Cl)cc1C)OC. The number of rotatable bonds is 11. The fraction of sp³-hybridized carbons (Fsp3) is 0.543. The van der Waals surface area contributed by atoms with E-state index in [2.05, 4.69) is 85.9 Å². The zero-order chi connectivity index (χ0) is 32.0. The first-order chi connectivity index (χ1) is 21.1. The van der Waals surface area contributed by atoms with Gasteiger partial charge in [-0.15, -0.1) is 0 Å². The van der Waals surface area contributed by atoms with Crippen molar-refractivity contribution in [3.63, 3.8) is 0 Å². The average molecular weight is 623 g/mol. The molecule has 44 heavy (non-hydrogen) atoms. The van der Waals surface area contributed by atoms with Gasteiger partial charge in [-0.1, -0.05) is 38.3 Å². The van der Waals surface area contributed by atoms with Crippen LogP contribution in [0, 0.1) is 20.8 Å². The number of hydrogen-bond donors (Lipinski definition) is 0. The van der Waals surface area contributed by atoms with Crippen LogP contribution in [0.1, 0.15) is 56.2 Å². The zero-order valence-corrected chi connectivity index (χ0v) is 29.0. The highest BCUT2D eigenvalue weighted by Gasteiger charge is 2.35. The summed E-state index contributed by atoms with van der Waals surface area (Å²) in [5.41, 5.74) is 6.97. The van der Waals surface area contributed by atoms with Crippen LogP contribution >= 0.6 is 11.6 Å². The van der Waals surface area contributed by atoms with Crippen molar-refractivity contribution in [2.75, 3.05) is 67.6 Å². The minimum atomic E-state index is 0.621. The van der Waals surface area contributed by atoms with E-state index in [0.717, 1.165) is 116 Å². The van der Waals surface area contributed by atoms with E-state index in [4.69, 9.17) is 31.1 Å². The van der Waals surface area contributed by atoms with Crippen molar-refractivity contribution >= 4 is 46.4 Å². The van der Waals surface area contributed by atoms with Gasteiger partial charge in [0, 0.05) is 5.56 Å². The number of hydrogen-bond acceptors (Lipinski definition) is 6. The van der Waals surface area contributed by atoms with E-state index in [1.54, 1.807) is 14.2 Å². The lowest BCUT2D eigenvalue weighted by molar-refractivity contribution is -0.485. The van der Waals surface area contributed by atoms with E-state index in [9.17, 15) is 0 Å². The summed E-state index contributed by atoms with van der Waals surface area (Å²) in [5, 5.41) is 0.656. The molecule has 9 heteroatoms. The second-order valence-electron chi connectivity index (χ2n) is 12.0. The van der Waals surface area contributed by atoms with E-state index in [1.165, 1.54) is 0 Å². The van der Waals surface area contributed by atoms with Crippen LogP contribution in [0.15, 0.2) is 34.3 Å². The molecule has 2 heterocycles. The van der Waals surface area contributed by atoms with Gasteiger partial charge in [0.15, 0.2) is 0 Å². The number of methoxy groups -OCH3 is 2. The molecule has 0 fully saturated rings. The summed E-state index contributed by atoms with van der Waals surface area (Å²) in [5.74, 6) is 3.37. The lowest BCUT2D eigenvalue weighted by Crippen LogP contribution is -2.37. The summed E-state index contributed by atoms with van der Waals surface area (Å²) in [6.07, 6.45) is 4.59. The van der Waals surface area contributed by atoms with Crippen LogP contribution in [0.2, 0.25) is 5.02 Å². The van der Waals surface area contributed by atoms with Crippen molar-refractivity contribution < 1.29 is 18.6 Å². The van der Waals surface area contributed by atoms with Gasteiger partial charge >= 0.3 is 23.5 Å². The predicted molar refractivity (Wildman–Crippen MR) is 184 cm³/mol. The van der Waals surface area contributed by atoms with Gasteiger partial charge in [0.1, 0.15) is 26.2 Å². The summed E-state index contributed by atoms with van der Waals surface area (Å²) < 4.78 is 16.2. The second kappa shape index (κ2) is 15.1. The standard InChI is InChI=1S/C35H51ClN6O2/c1-10-12-14-41-18-16-39(6)34(41)32(43-8)37-30-22-24(3)27(20-25(30)4)28-21-26(5)31(23-29(28)36)38-33(44-9)35-40(7)17-19-42(35)15-13-11-2/h20-23H,10-19H2,1-9H3/q+2. The molecule has 2 aliphatic heterocycles. The summed E-state index contributed by atoms with van der Waals surface area (Å²) in [6.45, 7) is 16.6. The summed E-state index contributed by atoms with van der Waals surface area (Å²) in [4.78, 5) is 14.8. The van der Waals surface area contributed by atoms with Crippen molar-refractivity contribution in [1.29, 1.82) is 0 Å². The van der Waals surface area contributed by atoms with Gasteiger partial charge in [-0.3, -0.25) is 19.0 Å². The normalized spacial score (nSPS) is 16.1. The maximum Gasteiger partial charge on any atom is 0.335 e. The number of nitrogens with zero attached hydrogens (tertiary/aromatic N) is 6. The summed E-state index contributed by atoms with van der Waals surface area (Å²) in [7, 11) is 7.61. The van der Waals surface area contributed by atoms with Gasteiger partial charge in [-0.05, 0) is 80.1 Å². The summed E-state index contributed by atoms with van der Waals surface area (Å²) >= 11 is 6.98. The molecule has 0 bridgehead atoms. The number of unbranched alkanes of at least 4 members (excludes halogenated alkanes) is 2. The molecule has 238 valence electrons. The fourth-order valence-corrected chi connectivity index (χ4v) is 6.24. The van der Waals surface area contributed by atoms with E-state index in [1.807, 2.05) is 6.07 Å². The van der Waals surface area contributed by atoms with Gasteiger partial charge < -0.3 is 9.47 Å². The van der Waals surface area contributed by atoms with Crippen LogP contribution in [0.25, 0.3) is 11.1 Å². The highest BCUT2D eigenvalue weighted by atomic mass is 35.5. The Hall–Kier alpha value is -3.39. The van der Waals surface area contributed by atoms with Crippen LogP contribution in [0.3, 0.4) is 0 Å². The van der Waals surface area contributed by atoms with E-state index < -0.39 is 0 Å². The minimum absolute atomic E-state index is 0.621. The molecule has 0 amide bonds. The Bertz CT molecular complexity index is 1380. The molecular weight excluding hydrogens is 572 g/mol. The smallest absolute Gasteiger partial charge is 0.335 e. The van der Waals surface area contributed by atoms with E-state index >= 15 is 0 Å². The molecule has 0 unspecified atom stereocenters. The number of benzene rings is 2. The lowest BCUT2D eigenvalue weighted by atomic mass is 9.95. The first kappa shape index (κ1) is 33.5. The largest absolute Gasteiger partial charge is 0.475 e. The van der Waals surface area contributed by atoms with Gasteiger partial charge in [-0.25, -0.2) is 9.98 Å². The molecular formula is C35H51ClN6O2+2. The first-order valence-corrected chi connectivity index (χ1v) is 16.3. The van der Waals surface area contributed by atoms with E-state index in [-0.39, 0.29) is 0 Å². The zero-order valence-electron chi connectivity index (χ0n) is 28.3. The lowest BCUT2D eigenvalue weighted by Gasteiger charge is -2.16. The highest BCUT2D eigenvalue weighted by molar-refractivity contribution is 6.37. The molecule has 2 aromatic carbocycles. The number of aliphatic imine (C=N–C) groups is 2. The average Bonchev–Trinajstić information content (AvgIpc) is 3.56. The van der Waals surface area contributed by atoms with Crippen LogP contribution in [0.4, 0.5) is 11.4 Å². The first-order valence-electron chi connectivity index (χ1n) is 16.0. The fourth-order valence-electron chi connectivity index (χ4n) is 5.98. The van der Waals surface area contributed by atoms with Gasteiger partial charge in [-0.2, -0.15) is 0 Å². The maximum absolute atomic E-state index is 6.98. The number of ether oxygens (including phenoxy) is 2. The number of likely N-dealkylation sites (N-methyl/N-ethyl adjacent to an activating group) is 2. The third kappa shape index (κ3) is 7.28. The van der Waals surface area contributed by atoms with Gasteiger partial charge in [0.2, 0.25) is 0 Å². The molecule has 8 nitrogen and oxygen atoms in total. The predicted octanol–water partition coefficient (Wildman–Crippen LogP) is 6.60. The van der Waals surface area contributed by atoms with Crippen LogP contribution < -0.4 is 0 Å². The quantitative estimate of drug-likeness (QED) is 0.161. The number of aryl methyl sites for hydroxylation is 3. The van der Waals surface area contributed by atoms with Crippen molar-refractivity contribution in [1.82, 2.24) is 9.80 Å². The molecule has 0 aromatic heterocycles. The van der Waals surface area contributed by atoms with Crippen molar-refractivity contribution in [3.8, 4) is 11.1 Å². The molecule has 0 N–H and O–H groups in total. The topological polar surface area (TPSA) is 55.7 Å². The number of halogens is 1. The molecule has 4 rings (SSSR count). The maximum atomic E-state index is 6.98. The van der Waals surface area contributed by atoms with Crippen LogP contribution in [0.5, 0.6) is 0 Å². The van der Waals surface area contributed by atoms with Crippen LogP contribution in [-0.2, 0) is 9.47 Å². The molecule has 0 saturated carbocycles. The van der Waals surface area contributed by atoms with E-state index in [0.29, 0.717) is 16.8 Å². The molecule has 0 aliphatic carbocycles. The molecule has 0 radical (unpaired) electrons. The Morgan fingerprint density at radius 2 is 1.18 bits per heavy atom. The molecule has 2 aromatic rings. The molecule has 0 saturated heterocycles. The Kier molecular flexibility index (Phi) is 11.5. The Balaban J connectivity index is 1.67. The van der Waals surface area contributed by atoms with Crippen molar-refractivity contribution in [3.05, 3.63) is 46.0 Å². The highest BCUT2D eigenvalue weighted by Crippen LogP contribution is 2.38. The molecule has 0 spiro atoms. The Morgan fingerprint density at radius 1 is 0.727 bits per heavy atom. The minimum Gasteiger partial charge on any atom is -0.475 e. The van der Waals surface area contributed by atoms with Crippen molar-refractivity contribution in [2.45, 2.75) is 60.3 Å². The molecule has 0 atom stereocenters. The summed E-state index contributed by atoms with van der Waals surface area (Å²) in [6, 6.07) is 8.40. The van der Waals surface area contributed by atoms with Gasteiger partial charge in [0.25, 0.3) is 0 Å². The van der Waals surface area contributed by atoms with Gasteiger partial charge in [0.05, 0.1) is 57.8 Å². The number of amidine groups is 2. The second-order valence-corrected chi connectivity index (χ2v) is 12.4. The Labute approximate surface area is 269 Å².